The van der Waals surface area contributed by atoms with E-state index in [0.29, 0.717) is 18.2 Å². The van der Waals surface area contributed by atoms with E-state index in [0.717, 1.165) is 12.1 Å². The average molecular weight is 315 g/mol. The number of halogens is 4. The number of aryl methyl sites for hydroxylation is 1. The predicted molar refractivity (Wildman–Crippen MR) is 70.7 cm³/mol. The first-order valence-electron chi connectivity index (χ1n) is 6.53. The smallest absolute Gasteiger partial charge is 0.416 e. The second-order valence-corrected chi connectivity index (χ2v) is 4.60. The molecular formula is C15H13F4NO2. The molecule has 0 aliphatic carbocycles. The fourth-order valence-corrected chi connectivity index (χ4v) is 1.92. The van der Waals surface area contributed by atoms with Crippen LogP contribution < -0.4 is 5.32 Å². The van der Waals surface area contributed by atoms with Gasteiger partial charge in [-0.3, -0.25) is 4.79 Å². The molecule has 118 valence electrons. The lowest BCUT2D eigenvalue weighted by Crippen LogP contribution is -2.24. The third-order valence-electron chi connectivity index (χ3n) is 3.05. The van der Waals surface area contributed by atoms with Crippen molar-refractivity contribution in [3.8, 4) is 0 Å². The zero-order valence-corrected chi connectivity index (χ0v) is 11.6. The van der Waals surface area contributed by atoms with E-state index in [4.69, 9.17) is 4.42 Å². The summed E-state index contributed by atoms with van der Waals surface area (Å²) in [5, 5.41) is 2.33. The topological polar surface area (TPSA) is 42.2 Å². The van der Waals surface area contributed by atoms with Gasteiger partial charge >= 0.3 is 6.18 Å². The monoisotopic (exact) mass is 315 g/mol. The Hall–Kier alpha value is -2.31. The Bertz CT molecular complexity index is 676. The normalized spacial score (nSPS) is 11.5. The summed E-state index contributed by atoms with van der Waals surface area (Å²) in [5.74, 6) is -0.992. The van der Waals surface area contributed by atoms with Gasteiger partial charge in [0.2, 0.25) is 0 Å². The van der Waals surface area contributed by atoms with Gasteiger partial charge in [0.1, 0.15) is 11.6 Å². The van der Waals surface area contributed by atoms with E-state index in [2.05, 4.69) is 5.32 Å². The van der Waals surface area contributed by atoms with Crippen LogP contribution in [0.4, 0.5) is 17.6 Å². The molecule has 2 aromatic rings. The van der Waals surface area contributed by atoms with Gasteiger partial charge in [-0.15, -0.1) is 0 Å². The number of hydrogen-bond acceptors (Lipinski definition) is 2. The lowest BCUT2D eigenvalue weighted by molar-refractivity contribution is -0.138. The fourth-order valence-electron chi connectivity index (χ4n) is 1.92. The maximum absolute atomic E-state index is 13.0. The zero-order valence-electron chi connectivity index (χ0n) is 11.6. The molecule has 7 heteroatoms. The Balaban J connectivity index is 2.13. The maximum atomic E-state index is 13.0. The van der Waals surface area contributed by atoms with E-state index < -0.39 is 23.5 Å². The highest BCUT2D eigenvalue weighted by Gasteiger charge is 2.33. The Morgan fingerprint density at radius 2 is 1.95 bits per heavy atom. The SMILES string of the molecule is CCc1ccc(C(=O)NCc2ccc(F)cc2C(F)(F)F)o1. The van der Waals surface area contributed by atoms with Crippen LogP contribution in [0, 0.1) is 5.82 Å². The van der Waals surface area contributed by atoms with Gasteiger partial charge in [-0.25, -0.2) is 4.39 Å². The van der Waals surface area contributed by atoms with Gasteiger partial charge in [-0.05, 0) is 29.8 Å². The van der Waals surface area contributed by atoms with E-state index in [1.54, 1.807) is 6.07 Å². The first kappa shape index (κ1) is 16.1. The molecule has 0 spiro atoms. The van der Waals surface area contributed by atoms with Crippen LogP contribution in [0.15, 0.2) is 34.7 Å². The molecule has 0 radical (unpaired) electrons. The quantitative estimate of drug-likeness (QED) is 0.869. The molecule has 0 fully saturated rings. The molecule has 3 nitrogen and oxygen atoms in total. The zero-order chi connectivity index (χ0) is 16.3. The van der Waals surface area contributed by atoms with Gasteiger partial charge < -0.3 is 9.73 Å². The van der Waals surface area contributed by atoms with E-state index in [1.807, 2.05) is 6.92 Å². The van der Waals surface area contributed by atoms with Crippen molar-refractivity contribution in [2.24, 2.45) is 0 Å². The van der Waals surface area contributed by atoms with Crippen molar-refractivity contribution in [3.05, 3.63) is 58.8 Å². The van der Waals surface area contributed by atoms with Crippen molar-refractivity contribution < 1.29 is 26.8 Å². The van der Waals surface area contributed by atoms with Crippen molar-refractivity contribution in [2.75, 3.05) is 0 Å². The van der Waals surface area contributed by atoms with Crippen LogP contribution in [0.1, 0.15) is 34.4 Å². The molecule has 0 saturated carbocycles. The number of benzene rings is 1. The average Bonchev–Trinajstić information content (AvgIpc) is 2.93. The summed E-state index contributed by atoms with van der Waals surface area (Å²) in [6, 6.07) is 5.39. The lowest BCUT2D eigenvalue weighted by atomic mass is 10.1. The summed E-state index contributed by atoms with van der Waals surface area (Å²) >= 11 is 0. The van der Waals surface area contributed by atoms with Crippen molar-refractivity contribution in [1.29, 1.82) is 0 Å². The summed E-state index contributed by atoms with van der Waals surface area (Å²) < 4.78 is 56.7. The molecule has 0 bridgehead atoms. The number of alkyl halides is 3. The van der Waals surface area contributed by atoms with Gasteiger partial charge in [0.25, 0.3) is 5.91 Å². The minimum atomic E-state index is -4.69. The van der Waals surface area contributed by atoms with Crippen LogP contribution in [0.2, 0.25) is 0 Å². The number of rotatable bonds is 4. The summed E-state index contributed by atoms with van der Waals surface area (Å²) in [6.45, 7) is 1.46. The van der Waals surface area contributed by atoms with Gasteiger partial charge in [0, 0.05) is 13.0 Å². The number of nitrogens with one attached hydrogen (secondary N) is 1. The van der Waals surface area contributed by atoms with Crippen LogP contribution >= 0.6 is 0 Å². The molecule has 1 aromatic heterocycles. The Morgan fingerprint density at radius 3 is 2.55 bits per heavy atom. The highest BCUT2D eigenvalue weighted by Crippen LogP contribution is 2.32. The Kier molecular flexibility index (Phi) is 4.54. The lowest BCUT2D eigenvalue weighted by Gasteiger charge is -2.13. The largest absolute Gasteiger partial charge is 0.456 e. The van der Waals surface area contributed by atoms with Gasteiger partial charge in [0.05, 0.1) is 5.56 Å². The molecule has 1 aromatic carbocycles. The highest BCUT2D eigenvalue weighted by atomic mass is 19.4. The second-order valence-electron chi connectivity index (χ2n) is 4.60. The predicted octanol–water partition coefficient (Wildman–Crippen LogP) is 3.93. The van der Waals surface area contributed by atoms with Crippen LogP contribution in [0.25, 0.3) is 0 Å². The van der Waals surface area contributed by atoms with Gasteiger partial charge in [-0.1, -0.05) is 13.0 Å². The summed E-state index contributed by atoms with van der Waals surface area (Å²) in [6.07, 6.45) is -4.09. The van der Waals surface area contributed by atoms with Crippen LogP contribution in [0.3, 0.4) is 0 Å². The third kappa shape index (κ3) is 3.66. The Morgan fingerprint density at radius 1 is 1.23 bits per heavy atom. The Labute approximate surface area is 123 Å². The van der Waals surface area contributed by atoms with Gasteiger partial charge in [0.15, 0.2) is 5.76 Å². The maximum Gasteiger partial charge on any atom is 0.416 e. The summed E-state index contributed by atoms with van der Waals surface area (Å²) in [5.41, 5.74) is -1.33. The molecule has 1 amide bonds. The molecule has 2 rings (SSSR count). The molecule has 0 atom stereocenters. The van der Waals surface area contributed by atoms with Crippen molar-refractivity contribution in [2.45, 2.75) is 26.1 Å². The minimum Gasteiger partial charge on any atom is -0.456 e. The van der Waals surface area contributed by atoms with Gasteiger partial charge in [-0.2, -0.15) is 13.2 Å². The second kappa shape index (κ2) is 6.21. The number of amides is 1. The molecular weight excluding hydrogens is 302 g/mol. The number of hydrogen-bond donors (Lipinski definition) is 1. The summed E-state index contributed by atoms with van der Waals surface area (Å²) in [4.78, 5) is 11.8. The van der Waals surface area contributed by atoms with E-state index in [1.165, 1.54) is 6.07 Å². The molecule has 0 saturated heterocycles. The first-order valence-corrected chi connectivity index (χ1v) is 6.53. The van der Waals surface area contributed by atoms with E-state index in [9.17, 15) is 22.4 Å². The summed E-state index contributed by atoms with van der Waals surface area (Å²) in [7, 11) is 0. The molecule has 22 heavy (non-hydrogen) atoms. The minimum absolute atomic E-state index is 0.0209. The van der Waals surface area contributed by atoms with Crippen LogP contribution in [-0.4, -0.2) is 5.91 Å². The van der Waals surface area contributed by atoms with Crippen molar-refractivity contribution in [3.63, 3.8) is 0 Å². The number of furan rings is 1. The molecule has 0 aliphatic rings. The molecule has 0 aliphatic heterocycles. The van der Waals surface area contributed by atoms with Crippen LogP contribution in [-0.2, 0) is 19.1 Å². The molecule has 1 heterocycles. The van der Waals surface area contributed by atoms with Crippen molar-refractivity contribution in [1.82, 2.24) is 5.32 Å². The highest BCUT2D eigenvalue weighted by molar-refractivity contribution is 5.91. The number of carbonyl (C=O) groups excluding carboxylic acids is 1. The third-order valence-corrected chi connectivity index (χ3v) is 3.05. The first-order chi connectivity index (χ1) is 10.3. The standard InChI is InChI=1S/C15H13F4NO2/c1-2-11-5-6-13(22-11)14(21)20-8-9-3-4-10(16)7-12(9)15(17,18)19/h3-7H,2,8H2,1H3,(H,20,21). The fraction of sp³-hybridized carbons (Fsp3) is 0.267. The number of carbonyl (C=O) groups is 1. The molecule has 1 N–H and O–H groups in total. The van der Waals surface area contributed by atoms with Crippen LogP contribution in [0.5, 0.6) is 0 Å². The molecule has 0 unspecified atom stereocenters. The van der Waals surface area contributed by atoms with E-state index in [-0.39, 0.29) is 17.9 Å². The van der Waals surface area contributed by atoms with E-state index >= 15 is 0 Å². The van der Waals surface area contributed by atoms with Crippen molar-refractivity contribution >= 4 is 5.91 Å².